The van der Waals surface area contributed by atoms with Gasteiger partial charge in [0.2, 0.25) is 5.91 Å². The van der Waals surface area contributed by atoms with E-state index in [2.05, 4.69) is 15.5 Å². The van der Waals surface area contributed by atoms with Crippen molar-refractivity contribution in [3.63, 3.8) is 0 Å². The fraction of sp³-hybridized carbons (Fsp3) is 0.214. The Bertz CT molecular complexity index is 826. The van der Waals surface area contributed by atoms with Gasteiger partial charge in [-0.3, -0.25) is 9.20 Å². The summed E-state index contributed by atoms with van der Waals surface area (Å²) in [6, 6.07) is 5.91. The van der Waals surface area contributed by atoms with E-state index in [0.29, 0.717) is 0 Å². The monoisotopic (exact) mass is 340 g/mol. The van der Waals surface area contributed by atoms with Crippen molar-refractivity contribution < 1.29 is 18.0 Å². The lowest BCUT2D eigenvalue weighted by Gasteiger charge is -2.08. The van der Waals surface area contributed by atoms with Crippen LogP contribution in [0.5, 0.6) is 0 Å². The largest absolute Gasteiger partial charge is 0.420 e. The number of carbonyl (C=O) groups excluding carboxylic acids is 1. The number of nitrogens with one attached hydrogen (secondary N) is 1. The van der Waals surface area contributed by atoms with E-state index in [1.807, 2.05) is 17.5 Å². The lowest BCUT2D eigenvalue weighted by Crippen LogP contribution is -2.25. The number of fused-ring (bicyclic) bond motifs is 1. The van der Waals surface area contributed by atoms with E-state index < -0.39 is 11.7 Å². The van der Waals surface area contributed by atoms with Gasteiger partial charge < -0.3 is 5.32 Å². The number of halogens is 3. The van der Waals surface area contributed by atoms with Crippen molar-refractivity contribution in [2.75, 3.05) is 0 Å². The Hall–Kier alpha value is -2.42. The van der Waals surface area contributed by atoms with Crippen LogP contribution in [0.2, 0.25) is 0 Å². The molecule has 0 aliphatic heterocycles. The normalized spacial score (nSPS) is 11.8. The number of hydrogen-bond donors (Lipinski definition) is 1. The van der Waals surface area contributed by atoms with E-state index in [9.17, 15) is 18.0 Å². The summed E-state index contributed by atoms with van der Waals surface area (Å²) >= 11 is 1.46. The zero-order valence-corrected chi connectivity index (χ0v) is 12.5. The van der Waals surface area contributed by atoms with E-state index in [4.69, 9.17) is 0 Å². The minimum absolute atomic E-state index is 0.00663. The number of amides is 1. The Morgan fingerprint density at radius 2 is 2.09 bits per heavy atom. The van der Waals surface area contributed by atoms with Crippen LogP contribution in [0.3, 0.4) is 0 Å². The molecule has 0 saturated heterocycles. The van der Waals surface area contributed by atoms with Gasteiger partial charge in [0.1, 0.15) is 5.56 Å². The van der Waals surface area contributed by atoms with Crippen molar-refractivity contribution in [3.05, 3.63) is 52.1 Å². The van der Waals surface area contributed by atoms with Gasteiger partial charge in [-0.15, -0.1) is 21.5 Å². The average molecular weight is 340 g/mol. The molecule has 5 nitrogen and oxygen atoms in total. The van der Waals surface area contributed by atoms with Gasteiger partial charge in [0.05, 0.1) is 13.0 Å². The zero-order valence-electron chi connectivity index (χ0n) is 11.7. The van der Waals surface area contributed by atoms with Crippen LogP contribution in [0.25, 0.3) is 5.65 Å². The lowest BCUT2D eigenvalue weighted by atomic mass is 10.2. The molecule has 3 rings (SSSR count). The first-order valence-electron chi connectivity index (χ1n) is 6.64. The van der Waals surface area contributed by atoms with Gasteiger partial charge in [0.25, 0.3) is 0 Å². The fourth-order valence-corrected chi connectivity index (χ4v) is 2.82. The second kappa shape index (κ2) is 5.99. The van der Waals surface area contributed by atoms with Gasteiger partial charge in [-0.2, -0.15) is 13.2 Å². The van der Waals surface area contributed by atoms with Crippen LogP contribution in [0.1, 0.15) is 16.3 Å². The number of pyridine rings is 1. The van der Waals surface area contributed by atoms with Crippen molar-refractivity contribution in [3.8, 4) is 0 Å². The minimum Gasteiger partial charge on any atom is -0.348 e. The highest BCUT2D eigenvalue weighted by molar-refractivity contribution is 7.10. The van der Waals surface area contributed by atoms with E-state index in [-0.39, 0.29) is 30.3 Å². The maximum Gasteiger partial charge on any atom is 0.420 e. The topological polar surface area (TPSA) is 59.3 Å². The van der Waals surface area contributed by atoms with Gasteiger partial charge >= 0.3 is 6.18 Å². The summed E-state index contributed by atoms with van der Waals surface area (Å²) in [6.07, 6.45) is -2.84. The number of thiophene rings is 1. The molecule has 0 aliphatic rings. The maximum atomic E-state index is 12.9. The van der Waals surface area contributed by atoms with Gasteiger partial charge in [-0.05, 0) is 23.6 Å². The van der Waals surface area contributed by atoms with Crippen LogP contribution in [0.4, 0.5) is 13.2 Å². The second-order valence-electron chi connectivity index (χ2n) is 4.76. The molecule has 23 heavy (non-hydrogen) atoms. The molecule has 0 radical (unpaired) electrons. The summed E-state index contributed by atoms with van der Waals surface area (Å²) in [6.45, 7) is 0.00663. The molecule has 0 unspecified atom stereocenters. The molecular formula is C14H11F3N4OS. The minimum atomic E-state index is -4.50. The highest BCUT2D eigenvalue weighted by Gasteiger charge is 2.34. The van der Waals surface area contributed by atoms with E-state index in [0.717, 1.165) is 10.9 Å². The van der Waals surface area contributed by atoms with Gasteiger partial charge in [-0.25, -0.2) is 0 Å². The molecule has 0 aromatic carbocycles. The zero-order chi connectivity index (χ0) is 16.4. The number of rotatable bonds is 4. The summed E-state index contributed by atoms with van der Waals surface area (Å²) in [5, 5.41) is 11.8. The van der Waals surface area contributed by atoms with Crippen LogP contribution < -0.4 is 5.32 Å². The molecule has 9 heteroatoms. The molecule has 3 heterocycles. The van der Waals surface area contributed by atoms with Crippen LogP contribution in [-0.4, -0.2) is 20.5 Å². The molecular weight excluding hydrogens is 329 g/mol. The molecule has 3 aromatic rings. The lowest BCUT2D eigenvalue weighted by molar-refractivity contribution is -0.136. The molecule has 0 bridgehead atoms. The molecule has 0 saturated carbocycles. The molecule has 0 atom stereocenters. The highest BCUT2D eigenvalue weighted by atomic mass is 32.1. The molecule has 3 aromatic heterocycles. The molecule has 0 fully saturated rings. The molecule has 1 amide bonds. The number of aromatic nitrogens is 3. The van der Waals surface area contributed by atoms with Gasteiger partial charge in [-0.1, -0.05) is 6.07 Å². The summed E-state index contributed by atoms with van der Waals surface area (Å²) < 4.78 is 39.9. The van der Waals surface area contributed by atoms with Crippen molar-refractivity contribution in [1.29, 1.82) is 0 Å². The van der Waals surface area contributed by atoms with Gasteiger partial charge in [0, 0.05) is 11.1 Å². The number of carbonyl (C=O) groups is 1. The van der Waals surface area contributed by atoms with Crippen molar-refractivity contribution in [1.82, 2.24) is 19.9 Å². The fourth-order valence-electron chi connectivity index (χ4n) is 2.12. The predicted octanol–water partition coefficient (Wildman–Crippen LogP) is 2.67. The highest BCUT2D eigenvalue weighted by Crippen LogP contribution is 2.31. The third-order valence-corrected chi connectivity index (χ3v) is 4.05. The predicted molar refractivity (Wildman–Crippen MR) is 77.9 cm³/mol. The van der Waals surface area contributed by atoms with Crippen molar-refractivity contribution >= 4 is 22.9 Å². The molecule has 120 valence electrons. The first-order chi connectivity index (χ1) is 10.9. The first-order valence-corrected chi connectivity index (χ1v) is 7.52. The Morgan fingerprint density at radius 1 is 1.26 bits per heavy atom. The second-order valence-corrected chi connectivity index (χ2v) is 5.79. The van der Waals surface area contributed by atoms with E-state index in [1.165, 1.54) is 28.0 Å². The Morgan fingerprint density at radius 3 is 2.78 bits per heavy atom. The average Bonchev–Trinajstić information content (AvgIpc) is 3.13. The van der Waals surface area contributed by atoms with Crippen molar-refractivity contribution in [2.45, 2.75) is 19.1 Å². The first kappa shape index (κ1) is 15.5. The summed E-state index contributed by atoms with van der Waals surface area (Å²) in [4.78, 5) is 12.7. The number of alkyl halides is 3. The SMILES string of the molecule is O=C(Cc1cccs1)NCc1nnc2c(C(F)(F)F)cccn12. The van der Waals surface area contributed by atoms with Crippen LogP contribution in [0.15, 0.2) is 35.8 Å². The molecule has 0 spiro atoms. The van der Waals surface area contributed by atoms with E-state index in [1.54, 1.807) is 0 Å². The number of nitrogens with zero attached hydrogens (tertiary/aromatic N) is 3. The van der Waals surface area contributed by atoms with E-state index >= 15 is 0 Å². The Balaban J connectivity index is 1.75. The standard InChI is InChI=1S/C14H11F3N4OS/c15-14(16,17)10-4-1-5-21-11(19-20-13(10)21)8-18-12(22)7-9-3-2-6-23-9/h1-6H,7-8H2,(H,18,22). The third-order valence-electron chi connectivity index (χ3n) is 3.17. The Labute approximate surface area is 132 Å². The van der Waals surface area contributed by atoms with Crippen molar-refractivity contribution in [2.24, 2.45) is 0 Å². The summed E-state index contributed by atoms with van der Waals surface area (Å²) in [5.41, 5.74) is -1.13. The molecule has 1 N–H and O–H groups in total. The third kappa shape index (κ3) is 3.34. The Kier molecular flexibility index (Phi) is 4.03. The smallest absolute Gasteiger partial charge is 0.348 e. The maximum absolute atomic E-state index is 12.9. The van der Waals surface area contributed by atoms with Gasteiger partial charge in [0.15, 0.2) is 11.5 Å². The van der Waals surface area contributed by atoms with Crippen LogP contribution >= 0.6 is 11.3 Å². The summed E-state index contributed by atoms with van der Waals surface area (Å²) in [7, 11) is 0. The summed E-state index contributed by atoms with van der Waals surface area (Å²) in [5.74, 6) is 0.0156. The van der Waals surface area contributed by atoms with Crippen LogP contribution in [0, 0.1) is 0 Å². The van der Waals surface area contributed by atoms with Crippen LogP contribution in [-0.2, 0) is 23.9 Å². The number of hydrogen-bond acceptors (Lipinski definition) is 4. The quantitative estimate of drug-likeness (QED) is 0.794. The molecule has 0 aliphatic carbocycles.